The summed E-state index contributed by atoms with van der Waals surface area (Å²) < 4.78 is 6.62. The van der Waals surface area contributed by atoms with Crippen LogP contribution in [0.3, 0.4) is 0 Å². The Kier molecular flexibility index (Phi) is 5.48. The molecule has 0 aliphatic rings. The normalized spacial score (nSPS) is 10.9. The van der Waals surface area contributed by atoms with Gasteiger partial charge < -0.3 is 9.51 Å². The van der Waals surface area contributed by atoms with Crippen LogP contribution in [-0.2, 0) is 12.3 Å². The van der Waals surface area contributed by atoms with E-state index in [2.05, 4.69) is 10.1 Å². The molecule has 0 aliphatic carbocycles. The predicted molar refractivity (Wildman–Crippen MR) is 113 cm³/mol. The Morgan fingerprint density at radius 3 is 2.45 bits per heavy atom. The number of rotatable bonds is 6. The molecule has 0 bridgehead atoms. The summed E-state index contributed by atoms with van der Waals surface area (Å²) in [6.45, 7) is 1.96. The van der Waals surface area contributed by atoms with Crippen molar-refractivity contribution in [3.63, 3.8) is 0 Å². The maximum atomic E-state index is 12.7. The van der Waals surface area contributed by atoms with Crippen molar-refractivity contribution in [1.82, 2.24) is 14.7 Å². The fourth-order valence-electron chi connectivity index (χ4n) is 2.97. The molecule has 6 nitrogen and oxygen atoms in total. The Hall–Kier alpha value is -3.32. The van der Waals surface area contributed by atoms with E-state index < -0.39 is 5.69 Å². The average Bonchev–Trinajstić information content (AvgIpc) is 3.23. The van der Waals surface area contributed by atoms with Crippen molar-refractivity contribution in [2.45, 2.75) is 24.2 Å². The van der Waals surface area contributed by atoms with Crippen LogP contribution in [0.4, 0.5) is 0 Å². The molecule has 0 saturated heterocycles. The van der Waals surface area contributed by atoms with Crippen LogP contribution in [-0.4, -0.2) is 14.7 Å². The Labute approximate surface area is 171 Å². The molecule has 4 aromatic rings. The molecule has 0 radical (unpaired) electrons. The first-order valence-electron chi connectivity index (χ1n) is 9.13. The molecule has 0 atom stereocenters. The second kappa shape index (κ2) is 8.36. The third-order valence-electron chi connectivity index (χ3n) is 4.54. The summed E-state index contributed by atoms with van der Waals surface area (Å²) in [5.41, 5.74) is 2.39. The van der Waals surface area contributed by atoms with E-state index in [1.165, 1.54) is 16.3 Å². The van der Waals surface area contributed by atoms with Crippen molar-refractivity contribution in [3.8, 4) is 11.3 Å². The zero-order chi connectivity index (χ0) is 20.2. The summed E-state index contributed by atoms with van der Waals surface area (Å²) in [6.07, 6.45) is 0. The van der Waals surface area contributed by atoms with E-state index in [4.69, 9.17) is 4.52 Å². The summed E-state index contributed by atoms with van der Waals surface area (Å²) in [6, 6.07) is 21.0. The van der Waals surface area contributed by atoms with E-state index in [9.17, 15) is 9.59 Å². The fourth-order valence-corrected chi connectivity index (χ4v) is 3.86. The van der Waals surface area contributed by atoms with Crippen LogP contribution < -0.4 is 11.2 Å². The molecule has 0 unspecified atom stereocenters. The number of aromatic amines is 1. The topological polar surface area (TPSA) is 80.9 Å². The van der Waals surface area contributed by atoms with Gasteiger partial charge in [0.15, 0.2) is 5.76 Å². The largest absolute Gasteiger partial charge is 0.356 e. The molecule has 2 aromatic carbocycles. The molecule has 0 aliphatic heterocycles. The molecule has 0 fully saturated rings. The molecule has 1 N–H and O–H groups in total. The van der Waals surface area contributed by atoms with Crippen LogP contribution >= 0.6 is 11.8 Å². The summed E-state index contributed by atoms with van der Waals surface area (Å²) in [4.78, 5) is 28.0. The highest BCUT2D eigenvalue weighted by molar-refractivity contribution is 7.98. The third-order valence-corrected chi connectivity index (χ3v) is 5.67. The van der Waals surface area contributed by atoms with Crippen LogP contribution in [0.5, 0.6) is 0 Å². The van der Waals surface area contributed by atoms with Gasteiger partial charge >= 0.3 is 5.69 Å². The van der Waals surface area contributed by atoms with Crippen molar-refractivity contribution in [2.24, 2.45) is 0 Å². The SMILES string of the molecule is Cc1c(SCc2cc(-c3ccccc3)on2)[nH]c(=O)n(Cc2ccccc2)c1=O. The van der Waals surface area contributed by atoms with E-state index in [-0.39, 0.29) is 12.1 Å². The maximum absolute atomic E-state index is 12.7. The zero-order valence-corrected chi connectivity index (χ0v) is 16.6. The van der Waals surface area contributed by atoms with E-state index >= 15 is 0 Å². The smallest absolute Gasteiger partial charge is 0.329 e. The van der Waals surface area contributed by atoms with Crippen molar-refractivity contribution in [3.05, 3.63) is 104 Å². The number of thioether (sulfide) groups is 1. The predicted octanol–water partition coefficient (Wildman–Crippen LogP) is 3.84. The molecule has 2 aromatic heterocycles. The maximum Gasteiger partial charge on any atom is 0.329 e. The molecule has 0 spiro atoms. The van der Waals surface area contributed by atoms with E-state index in [1.54, 1.807) is 6.92 Å². The van der Waals surface area contributed by atoms with Crippen molar-refractivity contribution in [2.75, 3.05) is 0 Å². The fraction of sp³-hybridized carbons (Fsp3) is 0.136. The Morgan fingerprint density at radius 1 is 1.03 bits per heavy atom. The lowest BCUT2D eigenvalue weighted by molar-refractivity contribution is 0.426. The van der Waals surface area contributed by atoms with Crippen LogP contribution in [0.15, 0.2) is 85.9 Å². The van der Waals surface area contributed by atoms with Gasteiger partial charge in [-0.15, -0.1) is 11.8 Å². The summed E-state index contributed by atoms with van der Waals surface area (Å²) in [5, 5.41) is 4.63. The van der Waals surface area contributed by atoms with Gasteiger partial charge in [0.2, 0.25) is 0 Å². The number of nitrogens with zero attached hydrogens (tertiary/aromatic N) is 2. The number of nitrogens with one attached hydrogen (secondary N) is 1. The number of H-pyrrole nitrogens is 1. The van der Waals surface area contributed by atoms with Crippen molar-refractivity contribution < 1.29 is 4.52 Å². The second-order valence-electron chi connectivity index (χ2n) is 6.60. The van der Waals surface area contributed by atoms with Gasteiger partial charge in [-0.2, -0.15) is 0 Å². The Balaban J connectivity index is 1.52. The first-order valence-corrected chi connectivity index (χ1v) is 10.1. The molecule has 4 rings (SSSR count). The van der Waals surface area contributed by atoms with Crippen LogP contribution in [0.2, 0.25) is 0 Å². The van der Waals surface area contributed by atoms with Gasteiger partial charge in [0, 0.05) is 22.9 Å². The van der Waals surface area contributed by atoms with E-state index in [0.717, 1.165) is 16.8 Å². The quantitative estimate of drug-likeness (QED) is 0.389. The third kappa shape index (κ3) is 4.25. The second-order valence-corrected chi connectivity index (χ2v) is 7.58. The van der Waals surface area contributed by atoms with Gasteiger partial charge in [-0.3, -0.25) is 9.36 Å². The monoisotopic (exact) mass is 405 g/mol. The average molecular weight is 405 g/mol. The minimum atomic E-state index is -0.419. The van der Waals surface area contributed by atoms with Gasteiger partial charge in [-0.25, -0.2) is 4.79 Å². The highest BCUT2D eigenvalue weighted by Gasteiger charge is 2.13. The standard InChI is InChI=1S/C22H19N3O3S/c1-15-20(23-22(27)25(21(15)26)13-16-8-4-2-5-9-16)29-14-18-12-19(28-24-18)17-10-6-3-7-11-17/h2-12H,13-14H2,1H3,(H,23,27). The molecule has 29 heavy (non-hydrogen) atoms. The van der Waals surface area contributed by atoms with Crippen molar-refractivity contribution >= 4 is 11.8 Å². The molecule has 146 valence electrons. The van der Waals surface area contributed by atoms with Crippen LogP contribution in [0.1, 0.15) is 16.8 Å². The first kappa shape index (κ1) is 19.0. The van der Waals surface area contributed by atoms with Gasteiger partial charge in [0.25, 0.3) is 5.56 Å². The summed E-state index contributed by atoms with van der Waals surface area (Å²) in [5.74, 6) is 1.17. The summed E-state index contributed by atoms with van der Waals surface area (Å²) >= 11 is 1.36. The highest BCUT2D eigenvalue weighted by Crippen LogP contribution is 2.25. The highest BCUT2D eigenvalue weighted by atomic mass is 32.2. The lowest BCUT2D eigenvalue weighted by Gasteiger charge is -2.09. The lowest BCUT2D eigenvalue weighted by Crippen LogP contribution is -2.37. The van der Waals surface area contributed by atoms with Gasteiger partial charge in [-0.05, 0) is 12.5 Å². The van der Waals surface area contributed by atoms with Gasteiger partial charge in [0.05, 0.1) is 17.3 Å². The summed E-state index contributed by atoms with van der Waals surface area (Å²) in [7, 11) is 0. The van der Waals surface area contributed by atoms with Crippen LogP contribution in [0.25, 0.3) is 11.3 Å². The minimum absolute atomic E-state index is 0.241. The lowest BCUT2D eigenvalue weighted by atomic mass is 10.2. The Morgan fingerprint density at radius 2 is 1.72 bits per heavy atom. The van der Waals surface area contributed by atoms with Crippen LogP contribution in [0, 0.1) is 6.92 Å². The Bertz CT molecular complexity index is 1230. The molecule has 0 saturated carbocycles. The molecular formula is C22H19N3O3S. The molecular weight excluding hydrogens is 386 g/mol. The number of hydrogen-bond acceptors (Lipinski definition) is 5. The number of aromatic nitrogens is 3. The first-order chi connectivity index (χ1) is 14.1. The van der Waals surface area contributed by atoms with Gasteiger partial charge in [0.1, 0.15) is 0 Å². The minimum Gasteiger partial charge on any atom is -0.356 e. The molecule has 0 amide bonds. The number of benzene rings is 2. The zero-order valence-electron chi connectivity index (χ0n) is 15.8. The van der Waals surface area contributed by atoms with Gasteiger partial charge in [-0.1, -0.05) is 65.8 Å². The molecule has 7 heteroatoms. The van der Waals surface area contributed by atoms with E-state index in [0.29, 0.717) is 22.1 Å². The van der Waals surface area contributed by atoms with Crippen molar-refractivity contribution in [1.29, 1.82) is 0 Å². The molecule has 2 heterocycles. The van der Waals surface area contributed by atoms with E-state index in [1.807, 2.05) is 66.7 Å². The number of hydrogen-bond donors (Lipinski definition) is 1.